The number of aliphatic imine (C=N–C) groups is 1. The lowest BCUT2D eigenvalue weighted by Crippen LogP contribution is -2.41. The third-order valence-electron chi connectivity index (χ3n) is 4.94. The molecule has 1 aliphatic heterocycles. The van der Waals surface area contributed by atoms with Gasteiger partial charge in [-0.15, -0.1) is 24.0 Å². The van der Waals surface area contributed by atoms with Gasteiger partial charge in [0.15, 0.2) is 5.96 Å². The Morgan fingerprint density at radius 3 is 2.38 bits per heavy atom. The van der Waals surface area contributed by atoms with E-state index in [2.05, 4.69) is 15.6 Å². The molecule has 2 aromatic carbocycles. The van der Waals surface area contributed by atoms with Gasteiger partial charge >= 0.3 is 0 Å². The van der Waals surface area contributed by atoms with E-state index in [1.807, 2.05) is 31.2 Å². The number of nitrogens with zero attached hydrogens (tertiary/aromatic N) is 2. The van der Waals surface area contributed by atoms with E-state index in [0.29, 0.717) is 51.9 Å². The fourth-order valence-corrected chi connectivity index (χ4v) is 4.83. The summed E-state index contributed by atoms with van der Waals surface area (Å²) in [7, 11) is -3.41. The van der Waals surface area contributed by atoms with E-state index in [9.17, 15) is 12.8 Å². The van der Waals surface area contributed by atoms with Crippen molar-refractivity contribution in [2.75, 3.05) is 32.8 Å². The van der Waals surface area contributed by atoms with E-state index in [1.165, 1.54) is 16.4 Å². The Hall–Kier alpha value is -1.76. The van der Waals surface area contributed by atoms with Crippen LogP contribution in [0.3, 0.4) is 0 Å². The Labute approximate surface area is 206 Å². The Kier molecular flexibility index (Phi) is 10.8. The molecule has 0 atom stereocenters. The average molecular weight is 576 g/mol. The van der Waals surface area contributed by atoms with E-state index in [0.717, 1.165) is 16.7 Å². The first-order valence-electron chi connectivity index (χ1n) is 10.4. The summed E-state index contributed by atoms with van der Waals surface area (Å²) in [6.45, 7) is 5.14. The fourth-order valence-electron chi connectivity index (χ4n) is 3.26. The number of benzene rings is 2. The van der Waals surface area contributed by atoms with Crippen LogP contribution in [-0.4, -0.2) is 51.5 Å². The van der Waals surface area contributed by atoms with Crippen molar-refractivity contribution in [1.29, 1.82) is 0 Å². The zero-order valence-electron chi connectivity index (χ0n) is 18.1. The van der Waals surface area contributed by atoms with Crippen molar-refractivity contribution in [3.63, 3.8) is 0 Å². The highest BCUT2D eigenvalue weighted by molar-refractivity contribution is 14.0. The SMILES string of the molecule is CCNC(=NCc1ccc(F)cc1)NCc1ccccc1CS(=O)(=O)N1CCOCC1.I. The summed E-state index contributed by atoms with van der Waals surface area (Å²) in [5, 5.41) is 6.44. The molecule has 2 N–H and O–H groups in total. The summed E-state index contributed by atoms with van der Waals surface area (Å²) < 4.78 is 45.5. The Morgan fingerprint density at radius 2 is 1.72 bits per heavy atom. The Morgan fingerprint density at radius 1 is 1.06 bits per heavy atom. The summed E-state index contributed by atoms with van der Waals surface area (Å²) in [4.78, 5) is 4.54. The van der Waals surface area contributed by atoms with E-state index < -0.39 is 10.0 Å². The second-order valence-corrected chi connectivity index (χ2v) is 9.18. The van der Waals surface area contributed by atoms with Gasteiger partial charge in [-0.2, -0.15) is 4.31 Å². The molecule has 7 nitrogen and oxygen atoms in total. The largest absolute Gasteiger partial charge is 0.379 e. The number of hydrogen-bond acceptors (Lipinski definition) is 4. The van der Waals surface area contributed by atoms with Crippen LogP contribution in [0.25, 0.3) is 0 Å². The van der Waals surface area contributed by atoms with E-state index in [1.54, 1.807) is 12.1 Å². The molecule has 1 heterocycles. The molecule has 0 spiro atoms. The molecular formula is C22H30FIN4O3S. The first-order valence-corrected chi connectivity index (χ1v) is 12.0. The molecule has 1 aliphatic rings. The molecule has 0 bridgehead atoms. The van der Waals surface area contributed by atoms with Crippen LogP contribution in [0.1, 0.15) is 23.6 Å². The summed E-state index contributed by atoms with van der Waals surface area (Å²) in [6.07, 6.45) is 0. The fraction of sp³-hybridized carbons (Fsp3) is 0.409. The smallest absolute Gasteiger partial charge is 0.218 e. The monoisotopic (exact) mass is 576 g/mol. The highest BCUT2D eigenvalue weighted by Gasteiger charge is 2.25. The van der Waals surface area contributed by atoms with E-state index in [-0.39, 0.29) is 35.5 Å². The quantitative estimate of drug-likeness (QED) is 0.287. The van der Waals surface area contributed by atoms with Gasteiger partial charge in [-0.25, -0.2) is 17.8 Å². The minimum Gasteiger partial charge on any atom is -0.379 e. The molecule has 1 fully saturated rings. The lowest BCUT2D eigenvalue weighted by molar-refractivity contribution is 0.0729. The number of hydrogen-bond donors (Lipinski definition) is 2. The molecule has 1 saturated heterocycles. The van der Waals surface area contributed by atoms with Crippen molar-refractivity contribution >= 4 is 40.0 Å². The summed E-state index contributed by atoms with van der Waals surface area (Å²) >= 11 is 0. The van der Waals surface area contributed by atoms with Gasteiger partial charge < -0.3 is 15.4 Å². The molecule has 0 unspecified atom stereocenters. The molecule has 0 aromatic heterocycles. The van der Waals surface area contributed by atoms with Gasteiger partial charge in [0.2, 0.25) is 10.0 Å². The van der Waals surface area contributed by atoms with Gasteiger partial charge in [0.25, 0.3) is 0 Å². The topological polar surface area (TPSA) is 83.0 Å². The highest BCUT2D eigenvalue weighted by Crippen LogP contribution is 2.16. The Balaban J connectivity index is 0.00000363. The second kappa shape index (κ2) is 13.1. The maximum absolute atomic E-state index is 13.1. The van der Waals surface area contributed by atoms with Crippen LogP contribution >= 0.6 is 24.0 Å². The summed E-state index contributed by atoms with van der Waals surface area (Å²) in [5.74, 6) is 0.285. The maximum Gasteiger partial charge on any atom is 0.218 e. The Bertz CT molecular complexity index is 981. The highest BCUT2D eigenvalue weighted by atomic mass is 127. The van der Waals surface area contributed by atoms with Crippen LogP contribution in [0.15, 0.2) is 53.5 Å². The van der Waals surface area contributed by atoms with Crippen molar-refractivity contribution in [1.82, 2.24) is 14.9 Å². The zero-order chi connectivity index (χ0) is 22.1. The number of guanidine groups is 1. The lowest BCUT2D eigenvalue weighted by atomic mass is 10.1. The molecule has 32 heavy (non-hydrogen) atoms. The van der Waals surface area contributed by atoms with Crippen molar-refractivity contribution in [2.45, 2.75) is 25.8 Å². The van der Waals surface area contributed by atoms with Crippen LogP contribution in [-0.2, 0) is 33.6 Å². The predicted octanol–water partition coefficient (Wildman–Crippen LogP) is 2.86. The van der Waals surface area contributed by atoms with Gasteiger partial charge in [-0.05, 0) is 35.7 Å². The summed E-state index contributed by atoms with van der Waals surface area (Å²) in [5.41, 5.74) is 2.55. The predicted molar refractivity (Wildman–Crippen MR) is 135 cm³/mol. The third-order valence-corrected chi connectivity index (χ3v) is 6.77. The van der Waals surface area contributed by atoms with Crippen molar-refractivity contribution in [2.24, 2.45) is 4.99 Å². The molecule has 176 valence electrons. The number of nitrogens with one attached hydrogen (secondary N) is 2. The minimum atomic E-state index is -3.41. The third kappa shape index (κ3) is 7.98. The molecular weight excluding hydrogens is 546 g/mol. The van der Waals surface area contributed by atoms with Gasteiger partial charge in [0.05, 0.1) is 25.5 Å². The van der Waals surface area contributed by atoms with Gasteiger partial charge in [-0.1, -0.05) is 36.4 Å². The van der Waals surface area contributed by atoms with E-state index >= 15 is 0 Å². The molecule has 10 heteroatoms. The van der Waals surface area contributed by atoms with Crippen LogP contribution in [0, 0.1) is 5.82 Å². The van der Waals surface area contributed by atoms with Gasteiger partial charge in [0.1, 0.15) is 5.82 Å². The molecule has 0 amide bonds. The normalized spacial score (nSPS) is 15.1. The summed E-state index contributed by atoms with van der Waals surface area (Å²) in [6, 6.07) is 13.7. The zero-order valence-corrected chi connectivity index (χ0v) is 21.2. The van der Waals surface area contributed by atoms with Crippen LogP contribution in [0.5, 0.6) is 0 Å². The van der Waals surface area contributed by atoms with Crippen LogP contribution in [0.4, 0.5) is 4.39 Å². The number of sulfonamides is 1. The van der Waals surface area contributed by atoms with Gasteiger partial charge in [0, 0.05) is 26.2 Å². The standard InChI is InChI=1S/C22H29FN4O3S.HI/c1-2-24-22(25-15-18-7-9-21(23)10-8-18)26-16-19-5-3-4-6-20(19)17-31(28,29)27-11-13-30-14-12-27;/h3-10H,2,11-17H2,1H3,(H2,24,25,26);1H. The number of morpholine rings is 1. The average Bonchev–Trinajstić information content (AvgIpc) is 2.78. The maximum atomic E-state index is 13.1. The van der Waals surface area contributed by atoms with E-state index in [4.69, 9.17) is 4.74 Å². The lowest BCUT2D eigenvalue weighted by Gasteiger charge is -2.26. The first kappa shape index (κ1) is 26.5. The molecule has 0 radical (unpaired) electrons. The molecule has 2 aromatic rings. The van der Waals surface area contributed by atoms with Crippen molar-refractivity contribution in [3.05, 3.63) is 71.0 Å². The van der Waals surface area contributed by atoms with Crippen LogP contribution < -0.4 is 10.6 Å². The molecule has 0 aliphatic carbocycles. The van der Waals surface area contributed by atoms with Gasteiger partial charge in [-0.3, -0.25) is 0 Å². The number of halogens is 2. The van der Waals surface area contributed by atoms with Crippen LogP contribution in [0.2, 0.25) is 0 Å². The second-order valence-electron chi connectivity index (χ2n) is 7.21. The number of rotatable bonds is 8. The minimum absolute atomic E-state index is 0. The molecule has 3 rings (SSSR count). The number of ether oxygens (including phenoxy) is 1. The molecule has 0 saturated carbocycles. The van der Waals surface area contributed by atoms with Crippen molar-refractivity contribution in [3.8, 4) is 0 Å². The van der Waals surface area contributed by atoms with Crippen molar-refractivity contribution < 1.29 is 17.5 Å². The first-order chi connectivity index (χ1) is 15.0.